The molecule has 154 valence electrons. The fourth-order valence-electron chi connectivity index (χ4n) is 3.79. The average molecular weight is 422 g/mol. The number of aromatic nitrogens is 1. The number of allylic oxidation sites excluding steroid dienone is 1. The van der Waals surface area contributed by atoms with Crippen molar-refractivity contribution in [3.63, 3.8) is 0 Å². The van der Waals surface area contributed by atoms with E-state index in [1.807, 2.05) is 35.8 Å². The highest BCUT2D eigenvalue weighted by Crippen LogP contribution is 2.29. The number of anilines is 1. The van der Waals surface area contributed by atoms with Gasteiger partial charge < -0.3 is 20.5 Å². The monoisotopic (exact) mass is 421 g/mol. The molecule has 5 heterocycles. The van der Waals surface area contributed by atoms with Crippen LogP contribution < -0.4 is 21.0 Å². The molecular weight excluding hydrogens is 398 g/mol. The molecule has 0 saturated carbocycles. The fourth-order valence-corrected chi connectivity index (χ4v) is 4.40. The SMILES string of the molecule is CN1C=C(C2=CN3C(C4C=CC(C(=O)N(C)c5nccs5)=CN4)=CNC3C=C2)CN1. The molecular formula is C21H23N7OS. The summed E-state index contributed by atoms with van der Waals surface area (Å²) in [5.74, 6) is -0.0866. The van der Waals surface area contributed by atoms with Crippen molar-refractivity contribution in [1.29, 1.82) is 0 Å². The van der Waals surface area contributed by atoms with Crippen LogP contribution in [-0.2, 0) is 4.79 Å². The average Bonchev–Trinajstić information content (AvgIpc) is 3.53. The molecule has 0 saturated heterocycles. The fraction of sp³-hybridized carbons (Fsp3) is 0.238. The van der Waals surface area contributed by atoms with Crippen molar-refractivity contribution in [3.8, 4) is 0 Å². The van der Waals surface area contributed by atoms with Crippen molar-refractivity contribution in [2.45, 2.75) is 12.2 Å². The van der Waals surface area contributed by atoms with E-state index in [4.69, 9.17) is 0 Å². The summed E-state index contributed by atoms with van der Waals surface area (Å²) in [6, 6.07) is -0.0217. The smallest absolute Gasteiger partial charge is 0.261 e. The number of hydrazine groups is 1. The van der Waals surface area contributed by atoms with Crippen LogP contribution in [0.3, 0.4) is 0 Å². The maximum Gasteiger partial charge on any atom is 0.261 e. The molecule has 1 amide bonds. The summed E-state index contributed by atoms with van der Waals surface area (Å²) >= 11 is 1.44. The molecule has 8 nitrogen and oxygen atoms in total. The van der Waals surface area contributed by atoms with E-state index in [0.29, 0.717) is 10.7 Å². The molecule has 0 bridgehead atoms. The number of thiazole rings is 1. The Morgan fingerprint density at radius 1 is 1.23 bits per heavy atom. The van der Waals surface area contributed by atoms with Crippen molar-refractivity contribution >= 4 is 22.4 Å². The van der Waals surface area contributed by atoms with Crippen LogP contribution in [-0.4, -0.2) is 53.6 Å². The highest BCUT2D eigenvalue weighted by atomic mass is 32.1. The number of dihydropyridines is 1. The summed E-state index contributed by atoms with van der Waals surface area (Å²) in [5.41, 5.74) is 7.43. The number of hydrogen-bond acceptors (Lipinski definition) is 8. The minimum atomic E-state index is -0.0866. The molecule has 5 rings (SSSR count). The number of nitrogens with one attached hydrogen (secondary N) is 3. The molecule has 3 N–H and O–H groups in total. The molecule has 0 radical (unpaired) electrons. The first-order valence-corrected chi connectivity index (χ1v) is 10.6. The number of amides is 1. The van der Waals surface area contributed by atoms with Crippen LogP contribution in [0.5, 0.6) is 0 Å². The second kappa shape index (κ2) is 7.51. The molecule has 30 heavy (non-hydrogen) atoms. The first-order valence-electron chi connectivity index (χ1n) is 9.74. The van der Waals surface area contributed by atoms with Crippen LogP contribution in [0.25, 0.3) is 0 Å². The summed E-state index contributed by atoms with van der Waals surface area (Å²) in [7, 11) is 3.74. The molecule has 0 spiro atoms. The Bertz CT molecular complexity index is 1030. The van der Waals surface area contributed by atoms with Gasteiger partial charge in [-0.15, -0.1) is 11.3 Å². The van der Waals surface area contributed by atoms with E-state index in [9.17, 15) is 4.79 Å². The quantitative estimate of drug-likeness (QED) is 0.678. The Kier molecular flexibility index (Phi) is 4.68. The zero-order chi connectivity index (χ0) is 20.7. The number of nitrogens with zero attached hydrogens (tertiary/aromatic N) is 4. The van der Waals surface area contributed by atoms with E-state index in [1.54, 1.807) is 24.3 Å². The van der Waals surface area contributed by atoms with Crippen LogP contribution >= 0.6 is 11.3 Å². The lowest BCUT2D eigenvalue weighted by molar-refractivity contribution is -0.114. The maximum atomic E-state index is 12.7. The van der Waals surface area contributed by atoms with Gasteiger partial charge in [-0.25, -0.2) is 10.4 Å². The van der Waals surface area contributed by atoms with Gasteiger partial charge in [0.1, 0.15) is 6.17 Å². The van der Waals surface area contributed by atoms with Crippen LogP contribution in [0.1, 0.15) is 0 Å². The lowest BCUT2D eigenvalue weighted by Crippen LogP contribution is -2.39. The summed E-state index contributed by atoms with van der Waals surface area (Å²) in [6.07, 6.45) is 18.1. The number of carbonyl (C=O) groups is 1. The first-order chi connectivity index (χ1) is 14.6. The first kappa shape index (κ1) is 18.7. The lowest BCUT2D eigenvalue weighted by Gasteiger charge is -2.31. The number of hydrogen-bond donors (Lipinski definition) is 3. The molecule has 1 aromatic rings. The standard InChI is InChI=1S/C21H23N7OS/c1-26-12-16(10-25-26)15-4-6-19-24-11-18(28(19)13-15)17-5-3-14(9-23-17)20(29)27(2)21-22-7-8-30-21/h3-9,11-13,17,19,23-25H,10H2,1-2H3. The number of rotatable bonds is 4. The Hall–Kier alpha value is -3.30. The molecule has 9 heteroatoms. The van der Waals surface area contributed by atoms with E-state index in [2.05, 4.69) is 50.5 Å². The third kappa shape index (κ3) is 3.31. The van der Waals surface area contributed by atoms with Gasteiger partial charge in [-0.2, -0.15) is 0 Å². The molecule has 4 aliphatic heterocycles. The van der Waals surface area contributed by atoms with Crippen LogP contribution in [0, 0.1) is 0 Å². The predicted octanol–water partition coefficient (Wildman–Crippen LogP) is 1.38. The molecule has 0 fully saturated rings. The minimum absolute atomic E-state index is 0.0217. The maximum absolute atomic E-state index is 12.7. The van der Waals surface area contributed by atoms with Gasteiger partial charge in [0, 0.05) is 57.0 Å². The van der Waals surface area contributed by atoms with Gasteiger partial charge in [-0.05, 0) is 23.3 Å². The molecule has 0 aliphatic carbocycles. The predicted molar refractivity (Wildman–Crippen MR) is 118 cm³/mol. The Labute approximate surface area is 179 Å². The lowest BCUT2D eigenvalue weighted by atomic mass is 10.0. The van der Waals surface area contributed by atoms with E-state index in [1.165, 1.54) is 22.5 Å². The van der Waals surface area contributed by atoms with Gasteiger partial charge in [-0.1, -0.05) is 12.2 Å². The topological polar surface area (TPSA) is 75.8 Å². The normalized spacial score (nSPS) is 24.5. The van der Waals surface area contributed by atoms with Gasteiger partial charge >= 0.3 is 0 Å². The Morgan fingerprint density at radius 2 is 2.13 bits per heavy atom. The second-order valence-electron chi connectivity index (χ2n) is 7.41. The molecule has 4 aliphatic rings. The van der Waals surface area contributed by atoms with Crippen molar-refractivity contribution in [3.05, 3.63) is 83.1 Å². The van der Waals surface area contributed by atoms with Crippen molar-refractivity contribution in [2.75, 3.05) is 25.5 Å². The Morgan fingerprint density at radius 3 is 2.83 bits per heavy atom. The van der Waals surface area contributed by atoms with E-state index in [-0.39, 0.29) is 18.1 Å². The highest BCUT2D eigenvalue weighted by Gasteiger charge is 2.31. The summed E-state index contributed by atoms with van der Waals surface area (Å²) in [5, 5.41) is 11.3. The van der Waals surface area contributed by atoms with Crippen molar-refractivity contribution in [1.82, 2.24) is 31.0 Å². The summed E-state index contributed by atoms with van der Waals surface area (Å²) in [4.78, 5) is 20.7. The third-order valence-electron chi connectivity index (χ3n) is 5.44. The minimum Gasteiger partial charge on any atom is -0.379 e. The zero-order valence-electron chi connectivity index (χ0n) is 16.7. The molecule has 1 aromatic heterocycles. The van der Waals surface area contributed by atoms with Gasteiger partial charge in [0.05, 0.1) is 17.3 Å². The van der Waals surface area contributed by atoms with Gasteiger partial charge in [0.25, 0.3) is 5.91 Å². The van der Waals surface area contributed by atoms with Crippen molar-refractivity contribution in [2.24, 2.45) is 0 Å². The van der Waals surface area contributed by atoms with Crippen LogP contribution in [0.15, 0.2) is 83.1 Å². The number of fused-ring (bicyclic) bond motifs is 1. The summed E-state index contributed by atoms with van der Waals surface area (Å²) in [6.45, 7) is 0.820. The summed E-state index contributed by atoms with van der Waals surface area (Å²) < 4.78 is 0. The van der Waals surface area contributed by atoms with Gasteiger partial charge in [0.2, 0.25) is 0 Å². The van der Waals surface area contributed by atoms with Crippen molar-refractivity contribution < 1.29 is 4.79 Å². The third-order valence-corrected chi connectivity index (χ3v) is 6.29. The van der Waals surface area contributed by atoms with E-state index in [0.717, 1.165) is 12.2 Å². The zero-order valence-corrected chi connectivity index (χ0v) is 17.6. The van der Waals surface area contributed by atoms with E-state index >= 15 is 0 Å². The van der Waals surface area contributed by atoms with Gasteiger partial charge in [-0.3, -0.25) is 9.69 Å². The van der Waals surface area contributed by atoms with Crippen LogP contribution in [0.4, 0.5) is 5.13 Å². The Balaban J connectivity index is 1.29. The number of carbonyl (C=O) groups excluding carboxylic acids is 1. The largest absolute Gasteiger partial charge is 0.379 e. The highest BCUT2D eigenvalue weighted by molar-refractivity contribution is 7.13. The second-order valence-corrected chi connectivity index (χ2v) is 8.29. The van der Waals surface area contributed by atoms with E-state index < -0.39 is 0 Å². The molecule has 0 aromatic carbocycles. The molecule has 2 atom stereocenters. The van der Waals surface area contributed by atoms with Gasteiger partial charge in [0.15, 0.2) is 5.13 Å². The molecule has 2 unspecified atom stereocenters. The van der Waals surface area contributed by atoms with Crippen LogP contribution in [0.2, 0.25) is 0 Å². The number of likely N-dealkylation sites (N-methyl/N-ethyl adjacent to an activating group) is 1.